The lowest BCUT2D eigenvalue weighted by molar-refractivity contribution is -0.128. The second-order valence-electron chi connectivity index (χ2n) is 8.67. The Bertz CT molecular complexity index is 560. The van der Waals surface area contributed by atoms with Gasteiger partial charge in [0, 0.05) is 12.3 Å². The van der Waals surface area contributed by atoms with Crippen LogP contribution in [0.2, 0.25) is 0 Å². The maximum atomic E-state index is 12.2. The molecule has 0 aromatic heterocycles. The van der Waals surface area contributed by atoms with Crippen molar-refractivity contribution in [1.82, 2.24) is 0 Å². The third kappa shape index (κ3) is 2.20. The minimum absolute atomic E-state index is 0.304. The number of fused-ring (bicyclic) bond motifs is 5. The lowest BCUT2D eigenvalue weighted by Gasteiger charge is -2.54. The van der Waals surface area contributed by atoms with Crippen LogP contribution in [0.5, 0.6) is 0 Å². The smallest absolute Gasteiger partial charge is 0.155 e. The van der Waals surface area contributed by atoms with Gasteiger partial charge in [0.05, 0.1) is 0 Å². The van der Waals surface area contributed by atoms with Gasteiger partial charge in [0.2, 0.25) is 0 Å². The summed E-state index contributed by atoms with van der Waals surface area (Å²) >= 11 is 0. The molecule has 0 aromatic rings. The van der Waals surface area contributed by atoms with Crippen LogP contribution in [0.4, 0.5) is 0 Å². The van der Waals surface area contributed by atoms with E-state index in [-0.39, 0.29) is 0 Å². The maximum absolute atomic E-state index is 12.2. The summed E-state index contributed by atoms with van der Waals surface area (Å²) in [5.41, 5.74) is 1.77. The van der Waals surface area contributed by atoms with Crippen LogP contribution >= 0.6 is 0 Å². The molecule has 4 aliphatic carbocycles. The van der Waals surface area contributed by atoms with Gasteiger partial charge in [0.25, 0.3) is 0 Å². The van der Waals surface area contributed by atoms with Crippen LogP contribution in [0.3, 0.4) is 0 Å². The van der Waals surface area contributed by atoms with Crippen molar-refractivity contribution in [2.45, 2.75) is 71.6 Å². The minimum atomic E-state index is 0.304. The number of carbonyl (C=O) groups is 2. The first-order valence-electron chi connectivity index (χ1n) is 9.80. The van der Waals surface area contributed by atoms with Crippen LogP contribution in [0.15, 0.2) is 11.6 Å². The second-order valence-corrected chi connectivity index (χ2v) is 8.67. The molecule has 0 amide bonds. The Labute approximate surface area is 140 Å². The summed E-state index contributed by atoms with van der Waals surface area (Å²) in [7, 11) is 0. The van der Waals surface area contributed by atoms with Gasteiger partial charge < -0.3 is 0 Å². The van der Waals surface area contributed by atoms with Gasteiger partial charge in [-0.3, -0.25) is 9.59 Å². The Morgan fingerprint density at radius 2 is 1.96 bits per heavy atom. The van der Waals surface area contributed by atoms with E-state index in [0.717, 1.165) is 43.4 Å². The van der Waals surface area contributed by atoms with E-state index in [1.165, 1.54) is 37.7 Å². The van der Waals surface area contributed by atoms with Crippen LogP contribution < -0.4 is 0 Å². The first-order valence-corrected chi connectivity index (χ1v) is 9.80. The fourth-order valence-electron chi connectivity index (χ4n) is 7.28. The number of Topliss-reactive ketones (excluding diaryl/α,β-unsaturated/α-hetero) is 1. The second kappa shape index (κ2) is 5.57. The molecule has 0 aliphatic heterocycles. The van der Waals surface area contributed by atoms with E-state index in [0.29, 0.717) is 28.8 Å². The van der Waals surface area contributed by atoms with Gasteiger partial charge in [-0.15, -0.1) is 0 Å². The van der Waals surface area contributed by atoms with Gasteiger partial charge in [-0.2, -0.15) is 0 Å². The lowest BCUT2D eigenvalue weighted by atomic mass is 9.50. The lowest BCUT2D eigenvalue weighted by Crippen LogP contribution is -2.48. The topological polar surface area (TPSA) is 34.1 Å². The highest BCUT2D eigenvalue weighted by molar-refractivity contribution is 5.91. The van der Waals surface area contributed by atoms with Crippen LogP contribution in [-0.2, 0) is 9.59 Å². The Morgan fingerprint density at radius 1 is 1.13 bits per heavy atom. The molecule has 0 radical (unpaired) electrons. The number of carbonyl (C=O) groups excluding carboxylic acids is 2. The fourth-order valence-corrected chi connectivity index (χ4v) is 7.28. The van der Waals surface area contributed by atoms with E-state index in [1.807, 2.05) is 13.0 Å². The summed E-state index contributed by atoms with van der Waals surface area (Å²) in [5.74, 6) is 4.15. The zero-order chi connectivity index (χ0) is 16.2. The van der Waals surface area contributed by atoms with Crippen molar-refractivity contribution in [3.63, 3.8) is 0 Å². The van der Waals surface area contributed by atoms with Gasteiger partial charge >= 0.3 is 0 Å². The molecule has 4 aliphatic rings. The third-order valence-electron chi connectivity index (χ3n) is 8.17. The fraction of sp³-hybridized carbons (Fsp3) is 0.810. The summed E-state index contributed by atoms with van der Waals surface area (Å²) in [5, 5.41) is 0. The molecule has 0 heterocycles. The summed E-state index contributed by atoms with van der Waals surface area (Å²) in [6.45, 7) is 4.15. The molecular weight excluding hydrogens is 284 g/mol. The largest absolute Gasteiger partial charge is 0.300 e. The molecule has 23 heavy (non-hydrogen) atoms. The van der Waals surface area contributed by atoms with Crippen molar-refractivity contribution in [1.29, 1.82) is 0 Å². The van der Waals surface area contributed by atoms with Gasteiger partial charge in [0.1, 0.15) is 5.78 Å². The zero-order valence-electron chi connectivity index (χ0n) is 14.6. The average molecular weight is 314 g/mol. The summed E-state index contributed by atoms with van der Waals surface area (Å²) < 4.78 is 0. The SMILES string of the molecule is CC[C@]12CC[C@H]3[C@@H](CCC4=CC(=O)CC[C@@H]43)[C@@H]1CC[C@@H]2C(C)=O. The monoisotopic (exact) mass is 314 g/mol. The molecule has 4 rings (SSSR count). The van der Waals surface area contributed by atoms with Crippen LogP contribution in [-0.4, -0.2) is 11.6 Å². The minimum Gasteiger partial charge on any atom is -0.300 e. The standard InChI is InChI=1S/C21H30O2/c1-3-21-11-10-17-16-7-5-15(23)12-14(16)4-6-18(17)20(21)9-8-19(21)13(2)22/h12,16-20H,3-11H2,1-2H3/t16-,17+,18+,19+,20-,21+/m0/s1. The normalized spacial score (nSPS) is 45.7. The van der Waals surface area contributed by atoms with Gasteiger partial charge in [-0.1, -0.05) is 12.5 Å². The highest BCUT2D eigenvalue weighted by Crippen LogP contribution is 2.65. The highest BCUT2D eigenvalue weighted by Gasteiger charge is 2.58. The van der Waals surface area contributed by atoms with Crippen LogP contribution in [0.25, 0.3) is 0 Å². The quantitative estimate of drug-likeness (QED) is 0.739. The predicted molar refractivity (Wildman–Crippen MR) is 90.9 cm³/mol. The molecule has 6 atom stereocenters. The van der Waals surface area contributed by atoms with E-state index in [1.54, 1.807) is 0 Å². The van der Waals surface area contributed by atoms with Crippen molar-refractivity contribution in [2.75, 3.05) is 0 Å². The Morgan fingerprint density at radius 3 is 2.70 bits per heavy atom. The average Bonchev–Trinajstić information content (AvgIpc) is 2.94. The number of rotatable bonds is 2. The van der Waals surface area contributed by atoms with Crippen molar-refractivity contribution in [3.8, 4) is 0 Å². The molecule has 2 heteroatoms. The first-order chi connectivity index (χ1) is 11.1. The van der Waals surface area contributed by atoms with E-state index in [4.69, 9.17) is 0 Å². The predicted octanol–water partition coefficient (Wildman–Crippen LogP) is 4.72. The first kappa shape index (κ1) is 15.6. The molecule has 0 spiro atoms. The molecule has 0 unspecified atom stereocenters. The van der Waals surface area contributed by atoms with E-state index < -0.39 is 0 Å². The van der Waals surface area contributed by atoms with Gasteiger partial charge in [-0.25, -0.2) is 0 Å². The highest BCUT2D eigenvalue weighted by atomic mass is 16.1. The summed E-state index contributed by atoms with van der Waals surface area (Å²) in [4.78, 5) is 24.0. The Kier molecular flexibility index (Phi) is 3.77. The van der Waals surface area contributed by atoms with Crippen LogP contribution in [0.1, 0.15) is 71.6 Å². The van der Waals surface area contributed by atoms with E-state index >= 15 is 0 Å². The van der Waals surface area contributed by atoms with Gasteiger partial charge in [0.15, 0.2) is 5.78 Å². The summed E-state index contributed by atoms with van der Waals surface area (Å²) in [6.07, 6.45) is 12.3. The molecule has 3 saturated carbocycles. The summed E-state index contributed by atoms with van der Waals surface area (Å²) in [6, 6.07) is 0. The van der Waals surface area contributed by atoms with Crippen molar-refractivity contribution in [2.24, 2.45) is 35.0 Å². The number of hydrogen-bond acceptors (Lipinski definition) is 2. The Balaban J connectivity index is 1.64. The molecule has 0 aromatic carbocycles. The van der Waals surface area contributed by atoms with Crippen molar-refractivity contribution in [3.05, 3.63) is 11.6 Å². The van der Waals surface area contributed by atoms with Crippen LogP contribution in [0, 0.1) is 35.0 Å². The molecule has 0 saturated heterocycles. The van der Waals surface area contributed by atoms with E-state index in [9.17, 15) is 9.59 Å². The molecule has 126 valence electrons. The molecule has 3 fully saturated rings. The zero-order valence-corrected chi connectivity index (χ0v) is 14.6. The molecule has 2 nitrogen and oxygen atoms in total. The molecular formula is C21H30O2. The molecule has 0 bridgehead atoms. The van der Waals surface area contributed by atoms with Crippen molar-refractivity contribution >= 4 is 11.6 Å². The van der Waals surface area contributed by atoms with Gasteiger partial charge in [-0.05, 0) is 93.5 Å². The number of ketones is 2. The third-order valence-corrected chi connectivity index (χ3v) is 8.17. The Hall–Kier alpha value is -0.920. The molecule has 0 N–H and O–H groups in total. The number of hydrogen-bond donors (Lipinski definition) is 0. The van der Waals surface area contributed by atoms with E-state index in [2.05, 4.69) is 6.92 Å². The number of allylic oxidation sites excluding steroid dienone is 1. The maximum Gasteiger partial charge on any atom is 0.155 e. The van der Waals surface area contributed by atoms with Crippen molar-refractivity contribution < 1.29 is 9.59 Å².